The minimum atomic E-state index is -1.01. The largest absolute Gasteiger partial charge is 0.482 e. The van der Waals surface area contributed by atoms with Crippen LogP contribution in [0.5, 0.6) is 11.6 Å². The molecule has 6 heteroatoms. The third-order valence-electron chi connectivity index (χ3n) is 2.34. The van der Waals surface area contributed by atoms with Crippen molar-refractivity contribution in [2.75, 3.05) is 13.7 Å². The van der Waals surface area contributed by atoms with Crippen molar-refractivity contribution < 1.29 is 19.4 Å². The maximum Gasteiger partial charge on any atom is 0.341 e. The van der Waals surface area contributed by atoms with E-state index in [0.29, 0.717) is 11.6 Å². The number of hydrogen-bond acceptors (Lipinski definition) is 4. The van der Waals surface area contributed by atoms with Gasteiger partial charge >= 0.3 is 5.97 Å². The Morgan fingerprint density at radius 3 is 2.94 bits per heavy atom. The summed E-state index contributed by atoms with van der Waals surface area (Å²) in [5.74, 6) is -0.0438. The molecule has 0 bridgehead atoms. The number of ether oxygens (including phenoxy) is 2. The Balaban J connectivity index is 2.38. The van der Waals surface area contributed by atoms with Crippen molar-refractivity contribution in [2.45, 2.75) is 0 Å². The number of aromatic nitrogens is 2. The van der Waals surface area contributed by atoms with Crippen LogP contribution in [-0.4, -0.2) is 34.6 Å². The van der Waals surface area contributed by atoms with Gasteiger partial charge in [0.15, 0.2) is 6.61 Å². The second kappa shape index (κ2) is 4.32. The summed E-state index contributed by atoms with van der Waals surface area (Å²) in [6.45, 7) is -0.367. The van der Waals surface area contributed by atoms with Crippen LogP contribution in [-0.2, 0) is 11.8 Å². The molecule has 1 N–H and O–H groups in total. The molecule has 6 nitrogen and oxygen atoms in total. The van der Waals surface area contributed by atoms with E-state index in [2.05, 4.69) is 5.10 Å². The Kier molecular flexibility index (Phi) is 2.86. The summed E-state index contributed by atoms with van der Waals surface area (Å²) >= 11 is 0. The lowest BCUT2D eigenvalue weighted by molar-refractivity contribution is -0.139. The predicted octanol–water partition coefficient (Wildman–Crippen LogP) is 1.05. The Labute approximate surface area is 97.4 Å². The highest BCUT2D eigenvalue weighted by Crippen LogP contribution is 2.27. The maximum absolute atomic E-state index is 10.4. The van der Waals surface area contributed by atoms with Gasteiger partial charge in [-0.3, -0.25) is 4.68 Å². The lowest BCUT2D eigenvalue weighted by atomic mass is 10.2. The standard InChI is InChI=1S/C11H12N2O4/c1-13-9-4-3-7(17-6-10(14)15)5-8(9)11(12-13)16-2/h3-5H,6H2,1-2H3,(H,14,15). The third-order valence-corrected chi connectivity index (χ3v) is 2.34. The molecule has 0 aliphatic carbocycles. The van der Waals surface area contributed by atoms with Crippen LogP contribution >= 0.6 is 0 Å². The molecule has 0 saturated heterocycles. The van der Waals surface area contributed by atoms with Gasteiger partial charge in [-0.1, -0.05) is 0 Å². The normalized spacial score (nSPS) is 10.5. The zero-order valence-electron chi connectivity index (χ0n) is 9.51. The van der Waals surface area contributed by atoms with Gasteiger partial charge < -0.3 is 14.6 Å². The molecule has 2 aromatic rings. The number of aliphatic carboxylic acids is 1. The number of carbonyl (C=O) groups is 1. The predicted molar refractivity (Wildman–Crippen MR) is 60.4 cm³/mol. The Hall–Kier alpha value is -2.24. The molecule has 0 aliphatic rings. The van der Waals surface area contributed by atoms with Gasteiger partial charge in [0, 0.05) is 7.05 Å². The van der Waals surface area contributed by atoms with Crippen molar-refractivity contribution >= 4 is 16.9 Å². The molecule has 90 valence electrons. The van der Waals surface area contributed by atoms with Gasteiger partial charge in [-0.25, -0.2) is 4.79 Å². The molecule has 0 atom stereocenters. The number of benzene rings is 1. The van der Waals surface area contributed by atoms with Gasteiger partial charge in [-0.15, -0.1) is 5.10 Å². The van der Waals surface area contributed by atoms with Gasteiger partial charge in [-0.2, -0.15) is 0 Å². The zero-order chi connectivity index (χ0) is 12.4. The van der Waals surface area contributed by atoms with E-state index in [4.69, 9.17) is 14.6 Å². The van der Waals surface area contributed by atoms with Crippen molar-refractivity contribution in [1.82, 2.24) is 9.78 Å². The van der Waals surface area contributed by atoms with Crippen molar-refractivity contribution in [1.29, 1.82) is 0 Å². The van der Waals surface area contributed by atoms with Crippen LogP contribution in [0.15, 0.2) is 18.2 Å². The number of carboxylic acids is 1. The maximum atomic E-state index is 10.4. The summed E-state index contributed by atoms with van der Waals surface area (Å²) in [6, 6.07) is 5.22. The highest BCUT2D eigenvalue weighted by molar-refractivity contribution is 5.86. The molecule has 2 rings (SSSR count). The summed E-state index contributed by atoms with van der Waals surface area (Å²) in [7, 11) is 3.34. The fraction of sp³-hybridized carbons (Fsp3) is 0.273. The smallest absolute Gasteiger partial charge is 0.341 e. The average Bonchev–Trinajstić information content (AvgIpc) is 2.63. The van der Waals surface area contributed by atoms with Crippen LogP contribution < -0.4 is 9.47 Å². The van der Waals surface area contributed by atoms with Crippen LogP contribution in [0.2, 0.25) is 0 Å². The van der Waals surface area contributed by atoms with Crippen molar-refractivity contribution in [3.8, 4) is 11.6 Å². The third kappa shape index (κ3) is 2.15. The van der Waals surface area contributed by atoms with E-state index < -0.39 is 5.97 Å². The summed E-state index contributed by atoms with van der Waals surface area (Å²) < 4.78 is 11.9. The number of rotatable bonds is 4. The van der Waals surface area contributed by atoms with Crippen LogP contribution in [0.25, 0.3) is 10.9 Å². The first kappa shape index (κ1) is 11.3. The fourth-order valence-electron chi connectivity index (χ4n) is 1.60. The van der Waals surface area contributed by atoms with Gasteiger partial charge in [0.25, 0.3) is 0 Å². The second-order valence-electron chi connectivity index (χ2n) is 3.49. The monoisotopic (exact) mass is 236 g/mol. The van der Waals surface area contributed by atoms with Crippen LogP contribution in [0.3, 0.4) is 0 Å². The fourth-order valence-corrected chi connectivity index (χ4v) is 1.60. The van der Waals surface area contributed by atoms with E-state index in [1.54, 1.807) is 16.8 Å². The van der Waals surface area contributed by atoms with E-state index in [0.717, 1.165) is 10.9 Å². The van der Waals surface area contributed by atoms with E-state index in [9.17, 15) is 4.79 Å². The minimum absolute atomic E-state index is 0.367. The quantitative estimate of drug-likeness (QED) is 0.858. The Bertz CT molecular complexity index is 562. The van der Waals surface area contributed by atoms with E-state index in [-0.39, 0.29) is 6.61 Å². The molecule has 0 fully saturated rings. The molecule has 0 amide bonds. The SMILES string of the molecule is COc1nn(C)c2ccc(OCC(=O)O)cc12. The van der Waals surface area contributed by atoms with E-state index in [1.165, 1.54) is 7.11 Å². The molecule has 1 heterocycles. The van der Waals surface area contributed by atoms with Crippen molar-refractivity contribution in [2.24, 2.45) is 7.05 Å². The summed E-state index contributed by atoms with van der Waals surface area (Å²) in [4.78, 5) is 10.4. The number of hydrogen-bond donors (Lipinski definition) is 1. The molecular formula is C11H12N2O4. The van der Waals surface area contributed by atoms with Crippen molar-refractivity contribution in [3.63, 3.8) is 0 Å². The van der Waals surface area contributed by atoms with Gasteiger partial charge in [-0.05, 0) is 18.2 Å². The zero-order valence-corrected chi connectivity index (χ0v) is 9.51. The molecule has 0 radical (unpaired) electrons. The first-order valence-electron chi connectivity index (χ1n) is 4.97. The van der Waals surface area contributed by atoms with Crippen molar-refractivity contribution in [3.05, 3.63) is 18.2 Å². The molecule has 0 aliphatic heterocycles. The summed E-state index contributed by atoms with van der Waals surface area (Å²) in [6.07, 6.45) is 0. The van der Waals surface area contributed by atoms with Gasteiger partial charge in [0.1, 0.15) is 5.75 Å². The molecule has 17 heavy (non-hydrogen) atoms. The molecule has 1 aromatic carbocycles. The van der Waals surface area contributed by atoms with Crippen LogP contribution in [0, 0.1) is 0 Å². The lowest BCUT2D eigenvalue weighted by Crippen LogP contribution is -2.09. The van der Waals surface area contributed by atoms with Gasteiger partial charge in [0.05, 0.1) is 18.0 Å². The average molecular weight is 236 g/mol. The molecule has 0 spiro atoms. The molecule has 0 saturated carbocycles. The number of nitrogens with zero attached hydrogens (tertiary/aromatic N) is 2. The minimum Gasteiger partial charge on any atom is -0.482 e. The first-order valence-corrected chi connectivity index (χ1v) is 4.97. The highest BCUT2D eigenvalue weighted by Gasteiger charge is 2.10. The van der Waals surface area contributed by atoms with Gasteiger partial charge in [0.2, 0.25) is 5.88 Å². The Morgan fingerprint density at radius 2 is 2.29 bits per heavy atom. The first-order chi connectivity index (χ1) is 8.11. The molecule has 1 aromatic heterocycles. The summed E-state index contributed by atoms with van der Waals surface area (Å²) in [5.41, 5.74) is 0.893. The topological polar surface area (TPSA) is 73.6 Å². The molecule has 0 unspecified atom stereocenters. The van der Waals surface area contributed by atoms with Crippen LogP contribution in [0.1, 0.15) is 0 Å². The number of fused-ring (bicyclic) bond motifs is 1. The second-order valence-corrected chi connectivity index (χ2v) is 3.49. The lowest BCUT2D eigenvalue weighted by Gasteiger charge is -2.03. The highest BCUT2D eigenvalue weighted by atomic mass is 16.5. The number of aryl methyl sites for hydroxylation is 1. The summed E-state index contributed by atoms with van der Waals surface area (Å²) in [5, 5.41) is 13.5. The van der Waals surface area contributed by atoms with E-state index in [1.807, 2.05) is 13.1 Å². The Morgan fingerprint density at radius 1 is 1.53 bits per heavy atom. The van der Waals surface area contributed by atoms with Crippen LogP contribution in [0.4, 0.5) is 0 Å². The molecular weight excluding hydrogens is 224 g/mol. The number of carboxylic acid groups (broad SMARTS) is 1. The number of methoxy groups -OCH3 is 1. The van der Waals surface area contributed by atoms with E-state index >= 15 is 0 Å².